The molecule has 0 fully saturated rings. The van der Waals surface area contributed by atoms with Crippen LogP contribution in [-0.4, -0.2) is 12.6 Å². The van der Waals surface area contributed by atoms with Crippen LogP contribution in [0, 0.1) is 0 Å². The van der Waals surface area contributed by atoms with E-state index in [9.17, 15) is 4.79 Å². The highest BCUT2D eigenvalue weighted by Gasteiger charge is 2.09. The maximum absolute atomic E-state index is 12.0. The zero-order chi connectivity index (χ0) is 14.4. The Labute approximate surface area is 126 Å². The van der Waals surface area contributed by atoms with Crippen molar-refractivity contribution >= 4 is 21.9 Å². The zero-order valence-corrected chi connectivity index (χ0v) is 12.7. The molecule has 3 nitrogen and oxygen atoms in total. The topological polar surface area (TPSA) is 35.5 Å². The van der Waals surface area contributed by atoms with E-state index < -0.39 is 5.97 Å². The molecule has 0 radical (unpaired) electrons. The number of rotatable bonds is 5. The van der Waals surface area contributed by atoms with E-state index in [4.69, 9.17) is 9.47 Å². The number of benzene rings is 2. The molecule has 0 aliphatic rings. The van der Waals surface area contributed by atoms with Gasteiger partial charge in [0.25, 0.3) is 0 Å². The lowest BCUT2D eigenvalue weighted by molar-refractivity contribution is 0.0734. The lowest BCUT2D eigenvalue weighted by Gasteiger charge is -2.07. The van der Waals surface area contributed by atoms with Crippen molar-refractivity contribution in [2.75, 3.05) is 6.61 Å². The standard InChI is InChI=1S/C16H15BrO3/c1-2-10-19-15-5-3-4-12(11-15)16(18)20-14-8-6-13(17)7-9-14/h3-9,11H,2,10H2,1H3. The molecule has 0 amide bonds. The molecule has 0 saturated heterocycles. The highest BCUT2D eigenvalue weighted by Crippen LogP contribution is 2.19. The molecule has 2 aromatic rings. The van der Waals surface area contributed by atoms with Crippen molar-refractivity contribution < 1.29 is 14.3 Å². The molecule has 0 aliphatic carbocycles. The highest BCUT2D eigenvalue weighted by atomic mass is 79.9. The van der Waals surface area contributed by atoms with Gasteiger partial charge in [0, 0.05) is 4.47 Å². The Hall–Kier alpha value is -1.81. The van der Waals surface area contributed by atoms with Crippen LogP contribution in [0.25, 0.3) is 0 Å². The quantitative estimate of drug-likeness (QED) is 0.598. The van der Waals surface area contributed by atoms with Gasteiger partial charge in [0.2, 0.25) is 0 Å². The molecule has 2 rings (SSSR count). The van der Waals surface area contributed by atoms with Gasteiger partial charge in [0.1, 0.15) is 11.5 Å². The lowest BCUT2D eigenvalue weighted by Crippen LogP contribution is -2.08. The van der Waals surface area contributed by atoms with Gasteiger partial charge in [-0.3, -0.25) is 0 Å². The molecule has 0 N–H and O–H groups in total. The second-order valence-corrected chi connectivity index (χ2v) is 5.14. The van der Waals surface area contributed by atoms with Crippen molar-refractivity contribution in [1.82, 2.24) is 0 Å². The average Bonchev–Trinajstić information content (AvgIpc) is 2.48. The first kappa shape index (κ1) is 14.6. The Morgan fingerprint density at radius 3 is 2.55 bits per heavy atom. The predicted molar refractivity (Wildman–Crippen MR) is 81.3 cm³/mol. The van der Waals surface area contributed by atoms with Crippen molar-refractivity contribution in [3.05, 3.63) is 58.6 Å². The second kappa shape index (κ2) is 7.10. The first-order valence-corrected chi connectivity index (χ1v) is 7.19. The summed E-state index contributed by atoms with van der Waals surface area (Å²) in [5.41, 5.74) is 0.474. The van der Waals surface area contributed by atoms with Crippen LogP contribution >= 0.6 is 15.9 Å². The lowest BCUT2D eigenvalue weighted by atomic mass is 10.2. The summed E-state index contributed by atoms with van der Waals surface area (Å²) < 4.78 is 11.7. The van der Waals surface area contributed by atoms with Crippen molar-refractivity contribution in [3.8, 4) is 11.5 Å². The minimum absolute atomic E-state index is 0.394. The third kappa shape index (κ3) is 4.10. The number of carbonyl (C=O) groups is 1. The van der Waals surface area contributed by atoms with Gasteiger partial charge in [-0.2, -0.15) is 0 Å². The Morgan fingerprint density at radius 2 is 1.85 bits per heavy atom. The summed E-state index contributed by atoms with van der Waals surface area (Å²) in [6.45, 7) is 2.66. The third-order valence-electron chi connectivity index (χ3n) is 2.57. The Morgan fingerprint density at radius 1 is 1.10 bits per heavy atom. The minimum Gasteiger partial charge on any atom is -0.494 e. The fraction of sp³-hybridized carbons (Fsp3) is 0.188. The van der Waals surface area contributed by atoms with Crippen LogP contribution in [0.3, 0.4) is 0 Å². The SMILES string of the molecule is CCCOc1cccc(C(=O)Oc2ccc(Br)cc2)c1. The third-order valence-corrected chi connectivity index (χ3v) is 3.10. The van der Waals surface area contributed by atoms with E-state index in [0.717, 1.165) is 10.9 Å². The summed E-state index contributed by atoms with van der Waals surface area (Å²) >= 11 is 3.33. The van der Waals surface area contributed by atoms with Gasteiger partial charge in [0.05, 0.1) is 12.2 Å². The van der Waals surface area contributed by atoms with E-state index in [1.807, 2.05) is 25.1 Å². The van der Waals surface area contributed by atoms with Crippen LogP contribution in [0.15, 0.2) is 53.0 Å². The largest absolute Gasteiger partial charge is 0.494 e. The van der Waals surface area contributed by atoms with Crippen molar-refractivity contribution in [3.63, 3.8) is 0 Å². The fourth-order valence-electron chi connectivity index (χ4n) is 1.60. The van der Waals surface area contributed by atoms with Crippen LogP contribution in [0.5, 0.6) is 11.5 Å². The summed E-state index contributed by atoms with van der Waals surface area (Å²) in [6, 6.07) is 14.1. The molecular weight excluding hydrogens is 320 g/mol. The summed E-state index contributed by atoms with van der Waals surface area (Å²) in [7, 11) is 0. The summed E-state index contributed by atoms with van der Waals surface area (Å²) in [6.07, 6.45) is 0.924. The number of halogens is 1. The number of esters is 1. The van der Waals surface area contributed by atoms with Gasteiger partial charge in [0.15, 0.2) is 0 Å². The molecule has 2 aromatic carbocycles. The van der Waals surface area contributed by atoms with Crippen LogP contribution in [0.4, 0.5) is 0 Å². The predicted octanol–water partition coefficient (Wildman–Crippen LogP) is 4.46. The van der Waals surface area contributed by atoms with Gasteiger partial charge in [-0.25, -0.2) is 4.79 Å². The fourth-order valence-corrected chi connectivity index (χ4v) is 1.87. The molecule has 0 bridgehead atoms. The van der Waals surface area contributed by atoms with E-state index in [1.165, 1.54) is 0 Å². The van der Waals surface area contributed by atoms with Gasteiger partial charge < -0.3 is 9.47 Å². The van der Waals surface area contributed by atoms with E-state index in [2.05, 4.69) is 15.9 Å². The molecular formula is C16H15BrO3. The van der Waals surface area contributed by atoms with E-state index >= 15 is 0 Å². The number of hydrogen-bond donors (Lipinski definition) is 0. The first-order valence-electron chi connectivity index (χ1n) is 6.39. The van der Waals surface area contributed by atoms with E-state index in [1.54, 1.807) is 30.3 Å². The molecule has 104 valence electrons. The normalized spacial score (nSPS) is 10.1. The molecule has 0 heterocycles. The van der Waals surface area contributed by atoms with Crippen LogP contribution in [-0.2, 0) is 0 Å². The second-order valence-electron chi connectivity index (χ2n) is 4.22. The van der Waals surface area contributed by atoms with Crippen molar-refractivity contribution in [2.45, 2.75) is 13.3 Å². The van der Waals surface area contributed by atoms with Crippen molar-refractivity contribution in [1.29, 1.82) is 0 Å². The smallest absolute Gasteiger partial charge is 0.343 e. The molecule has 20 heavy (non-hydrogen) atoms. The van der Waals surface area contributed by atoms with E-state index in [-0.39, 0.29) is 0 Å². The van der Waals surface area contributed by atoms with Gasteiger partial charge in [-0.15, -0.1) is 0 Å². The summed E-state index contributed by atoms with van der Waals surface area (Å²) in [5.74, 6) is 0.796. The molecule has 0 spiro atoms. The number of hydrogen-bond acceptors (Lipinski definition) is 3. The number of carbonyl (C=O) groups excluding carboxylic acids is 1. The van der Waals surface area contributed by atoms with Crippen molar-refractivity contribution in [2.24, 2.45) is 0 Å². The first-order chi connectivity index (χ1) is 9.69. The maximum atomic E-state index is 12.0. The highest BCUT2D eigenvalue weighted by molar-refractivity contribution is 9.10. The van der Waals surface area contributed by atoms with Crippen LogP contribution in [0.1, 0.15) is 23.7 Å². The Balaban J connectivity index is 2.06. The monoisotopic (exact) mass is 334 g/mol. The molecule has 0 aromatic heterocycles. The Bertz CT molecular complexity index is 579. The van der Waals surface area contributed by atoms with Gasteiger partial charge in [-0.05, 0) is 48.9 Å². The van der Waals surface area contributed by atoms with Gasteiger partial charge >= 0.3 is 5.97 Å². The van der Waals surface area contributed by atoms with Crippen LogP contribution in [0.2, 0.25) is 0 Å². The molecule has 0 saturated carbocycles. The number of ether oxygens (including phenoxy) is 2. The van der Waals surface area contributed by atoms with Gasteiger partial charge in [-0.1, -0.05) is 28.9 Å². The zero-order valence-electron chi connectivity index (χ0n) is 11.1. The Kier molecular flexibility index (Phi) is 5.18. The maximum Gasteiger partial charge on any atom is 0.343 e. The van der Waals surface area contributed by atoms with E-state index in [0.29, 0.717) is 23.7 Å². The molecule has 4 heteroatoms. The summed E-state index contributed by atoms with van der Waals surface area (Å²) in [4.78, 5) is 12.0. The molecule has 0 atom stereocenters. The summed E-state index contributed by atoms with van der Waals surface area (Å²) in [5, 5.41) is 0. The minimum atomic E-state index is -0.394. The van der Waals surface area contributed by atoms with Crippen LogP contribution < -0.4 is 9.47 Å². The average molecular weight is 335 g/mol. The molecule has 0 aliphatic heterocycles. The molecule has 0 unspecified atom stereocenters.